The van der Waals surface area contributed by atoms with Gasteiger partial charge in [0.05, 0.1) is 26.3 Å². The lowest BCUT2D eigenvalue weighted by Crippen LogP contribution is -2.57. The molecule has 9 nitrogen and oxygen atoms in total. The zero-order valence-electron chi connectivity index (χ0n) is 19.7. The Morgan fingerprint density at radius 2 is 1.79 bits per heavy atom. The number of fused-ring (bicyclic) bond motifs is 3. The molecular weight excluding hydrogens is 420 g/mol. The fourth-order valence-corrected chi connectivity index (χ4v) is 4.86. The Labute approximate surface area is 193 Å². The number of imide groups is 1. The molecule has 0 bridgehead atoms. The second kappa shape index (κ2) is 8.39. The zero-order chi connectivity index (χ0) is 23.3. The van der Waals surface area contributed by atoms with Crippen molar-refractivity contribution < 1.29 is 18.9 Å². The smallest absolute Gasteiger partial charge is 0.379 e. The van der Waals surface area contributed by atoms with E-state index in [2.05, 4.69) is 16.4 Å². The Bertz CT molecular complexity index is 1130. The molecule has 4 heterocycles. The maximum Gasteiger partial charge on any atom is 0.402 e. The molecular formula is C24H31N6O3+. The van der Waals surface area contributed by atoms with Crippen LogP contribution in [0.25, 0.3) is 0 Å². The van der Waals surface area contributed by atoms with Gasteiger partial charge in [0.25, 0.3) is 5.91 Å². The van der Waals surface area contributed by atoms with Crippen molar-refractivity contribution in [1.82, 2.24) is 19.3 Å². The number of aromatic nitrogens is 2. The molecule has 1 atom stereocenters. The predicted octanol–water partition coefficient (Wildman–Crippen LogP) is 1.71. The quantitative estimate of drug-likeness (QED) is 0.649. The topological polar surface area (TPSA) is 74.3 Å². The summed E-state index contributed by atoms with van der Waals surface area (Å²) in [6.07, 6.45) is 0. The summed E-state index contributed by atoms with van der Waals surface area (Å²) in [5, 5.41) is 0. The number of hydrogen-bond donors (Lipinski definition) is 0. The average Bonchev–Trinajstić information content (AvgIpc) is 3.32. The molecule has 0 aliphatic carbocycles. The van der Waals surface area contributed by atoms with E-state index in [4.69, 9.17) is 9.73 Å². The largest absolute Gasteiger partial charge is 0.402 e. The first-order chi connectivity index (χ1) is 15.9. The molecule has 9 heteroatoms. The van der Waals surface area contributed by atoms with Crippen molar-refractivity contribution in [1.29, 1.82) is 0 Å². The molecule has 174 valence electrons. The van der Waals surface area contributed by atoms with Crippen LogP contribution in [0.2, 0.25) is 0 Å². The van der Waals surface area contributed by atoms with Crippen LogP contribution in [0.3, 0.4) is 0 Å². The minimum absolute atomic E-state index is 0.227. The van der Waals surface area contributed by atoms with Gasteiger partial charge in [0.2, 0.25) is 11.9 Å². The predicted molar refractivity (Wildman–Crippen MR) is 122 cm³/mol. The van der Waals surface area contributed by atoms with Gasteiger partial charge in [-0.1, -0.05) is 34.8 Å². The fraction of sp³-hybridized carbons (Fsp3) is 0.500. The van der Waals surface area contributed by atoms with Crippen molar-refractivity contribution >= 4 is 23.7 Å². The molecule has 1 aromatic heterocycles. The molecule has 3 amide bonds. The summed E-state index contributed by atoms with van der Waals surface area (Å²) in [5.74, 6) is 1.02. The van der Waals surface area contributed by atoms with E-state index in [-0.39, 0.29) is 18.5 Å². The molecule has 0 radical (unpaired) electrons. The van der Waals surface area contributed by atoms with E-state index in [9.17, 15) is 9.59 Å². The molecule has 2 aromatic rings. The number of hydrogen-bond acceptors (Lipinski definition) is 5. The molecule has 33 heavy (non-hydrogen) atoms. The average molecular weight is 452 g/mol. The lowest BCUT2D eigenvalue weighted by atomic mass is 10.1. The Morgan fingerprint density at radius 1 is 1.09 bits per heavy atom. The zero-order valence-corrected chi connectivity index (χ0v) is 19.7. The SMILES string of the molecule is Cc1ccc(CN2C(=O)C3C(=Nc4n3c(C)c(C)[n+]4CCN3CCOCC3)N(C)C2=O)cc1. The fourth-order valence-electron chi connectivity index (χ4n) is 4.86. The van der Waals surface area contributed by atoms with Crippen LogP contribution in [0, 0.1) is 20.8 Å². The third-order valence-corrected chi connectivity index (χ3v) is 7.03. The number of urea groups is 1. The van der Waals surface area contributed by atoms with Crippen LogP contribution in [0.1, 0.15) is 28.6 Å². The van der Waals surface area contributed by atoms with Crippen molar-refractivity contribution in [3.63, 3.8) is 0 Å². The van der Waals surface area contributed by atoms with Gasteiger partial charge in [0, 0.05) is 26.7 Å². The minimum Gasteiger partial charge on any atom is -0.379 e. The molecule has 3 aliphatic rings. The van der Waals surface area contributed by atoms with Gasteiger partial charge in [0.1, 0.15) is 11.4 Å². The highest BCUT2D eigenvalue weighted by atomic mass is 16.5. The standard InChI is InChI=1S/C24H31N6O3/c1-16-5-7-19(8-6-16)15-29-22(31)20-21(26(4)24(29)32)25-23-28(17(2)18(3)30(20)23)10-9-27-11-13-33-14-12-27/h5-8,20H,9-15H2,1-4H3/q+1. The van der Waals surface area contributed by atoms with Crippen molar-refractivity contribution in [3.05, 3.63) is 46.8 Å². The Morgan fingerprint density at radius 3 is 2.48 bits per heavy atom. The number of carbonyl (C=O) groups excluding carboxylic acids is 2. The van der Waals surface area contributed by atoms with Gasteiger partial charge in [-0.15, -0.1) is 0 Å². The van der Waals surface area contributed by atoms with E-state index in [0.717, 1.165) is 67.9 Å². The van der Waals surface area contributed by atoms with E-state index < -0.39 is 6.04 Å². The van der Waals surface area contributed by atoms with Crippen molar-refractivity contribution in [2.75, 3.05) is 39.9 Å². The first kappa shape index (κ1) is 21.8. The number of imidazole rings is 1. The number of aryl methyl sites for hydroxylation is 1. The van der Waals surface area contributed by atoms with Gasteiger partial charge in [0.15, 0.2) is 0 Å². The Kier molecular flexibility index (Phi) is 5.54. The van der Waals surface area contributed by atoms with E-state index in [1.54, 1.807) is 7.05 Å². The van der Waals surface area contributed by atoms with Crippen LogP contribution in [-0.2, 0) is 22.6 Å². The summed E-state index contributed by atoms with van der Waals surface area (Å²) >= 11 is 0. The number of amides is 3. The van der Waals surface area contributed by atoms with E-state index in [1.165, 1.54) is 9.80 Å². The summed E-state index contributed by atoms with van der Waals surface area (Å²) in [6.45, 7) is 11.4. The van der Waals surface area contributed by atoms with Crippen LogP contribution in [-0.4, -0.2) is 76.9 Å². The summed E-state index contributed by atoms with van der Waals surface area (Å²) < 4.78 is 9.63. The van der Waals surface area contributed by atoms with Gasteiger partial charge < -0.3 is 4.74 Å². The van der Waals surface area contributed by atoms with Gasteiger partial charge in [-0.2, -0.15) is 0 Å². The number of nitrogens with zero attached hydrogens (tertiary/aromatic N) is 6. The lowest BCUT2D eigenvalue weighted by molar-refractivity contribution is -0.688. The molecule has 1 unspecified atom stereocenters. The van der Waals surface area contributed by atoms with Gasteiger partial charge in [-0.3, -0.25) is 19.5 Å². The molecule has 5 rings (SSSR count). The Balaban J connectivity index is 1.45. The highest BCUT2D eigenvalue weighted by Crippen LogP contribution is 2.35. The second-order valence-electron chi connectivity index (χ2n) is 9.07. The van der Waals surface area contributed by atoms with Crippen LogP contribution in [0.4, 0.5) is 10.7 Å². The molecule has 0 saturated carbocycles. The molecule has 0 N–H and O–H groups in total. The lowest BCUT2D eigenvalue weighted by Gasteiger charge is -2.33. The summed E-state index contributed by atoms with van der Waals surface area (Å²) in [4.78, 5) is 36.8. The van der Waals surface area contributed by atoms with E-state index in [0.29, 0.717) is 5.84 Å². The summed E-state index contributed by atoms with van der Waals surface area (Å²) in [7, 11) is 1.70. The molecule has 2 fully saturated rings. The second-order valence-corrected chi connectivity index (χ2v) is 9.07. The number of amidine groups is 1. The Hall–Kier alpha value is -3.04. The number of ether oxygens (including phenoxy) is 1. The van der Waals surface area contributed by atoms with Gasteiger partial charge in [-0.05, 0) is 26.3 Å². The molecule has 3 aliphatic heterocycles. The normalized spacial score (nSPS) is 20.8. The van der Waals surface area contributed by atoms with Crippen LogP contribution < -0.4 is 4.57 Å². The number of morpholine rings is 1. The highest BCUT2D eigenvalue weighted by molar-refractivity contribution is 6.20. The van der Waals surface area contributed by atoms with Crippen molar-refractivity contribution in [2.24, 2.45) is 4.99 Å². The van der Waals surface area contributed by atoms with Gasteiger partial charge >= 0.3 is 12.0 Å². The third kappa shape index (κ3) is 3.65. The monoisotopic (exact) mass is 451 g/mol. The number of carbonyl (C=O) groups is 2. The number of aliphatic imine (C=N–C) groups is 1. The number of benzene rings is 1. The molecule has 1 aromatic carbocycles. The number of rotatable bonds is 5. The van der Waals surface area contributed by atoms with Crippen LogP contribution in [0.5, 0.6) is 0 Å². The minimum atomic E-state index is -0.614. The molecule has 2 saturated heterocycles. The first-order valence-electron chi connectivity index (χ1n) is 11.5. The summed E-state index contributed by atoms with van der Waals surface area (Å²) in [6, 6.07) is 6.96. The van der Waals surface area contributed by atoms with Gasteiger partial charge in [-0.25, -0.2) is 13.9 Å². The number of likely N-dealkylation sites (N-methyl/N-ethyl adjacent to an activating group) is 1. The van der Waals surface area contributed by atoms with E-state index in [1.807, 2.05) is 42.7 Å². The highest BCUT2D eigenvalue weighted by Gasteiger charge is 2.54. The maximum atomic E-state index is 13.6. The third-order valence-electron chi connectivity index (χ3n) is 7.03. The molecule has 0 spiro atoms. The summed E-state index contributed by atoms with van der Waals surface area (Å²) in [5.41, 5.74) is 4.16. The van der Waals surface area contributed by atoms with Crippen molar-refractivity contribution in [2.45, 2.75) is 39.9 Å². The van der Waals surface area contributed by atoms with E-state index >= 15 is 0 Å². The van der Waals surface area contributed by atoms with Crippen LogP contribution >= 0.6 is 0 Å². The van der Waals surface area contributed by atoms with Crippen LogP contribution in [0.15, 0.2) is 29.3 Å². The first-order valence-corrected chi connectivity index (χ1v) is 11.5. The maximum absolute atomic E-state index is 13.6. The van der Waals surface area contributed by atoms with Crippen molar-refractivity contribution in [3.8, 4) is 0 Å².